The van der Waals surface area contributed by atoms with Crippen LogP contribution in [-0.4, -0.2) is 41.6 Å². The molecule has 2 aliphatic heterocycles. The Morgan fingerprint density at radius 2 is 1.86 bits per heavy atom. The van der Waals surface area contributed by atoms with Crippen molar-refractivity contribution < 1.29 is 34.1 Å². The average molecular weight is 485 g/mol. The van der Waals surface area contributed by atoms with Gasteiger partial charge in [-0.15, -0.1) is 0 Å². The number of ketones is 1. The number of phenols is 1. The van der Waals surface area contributed by atoms with Gasteiger partial charge in [0.25, 0.3) is 11.7 Å². The molecule has 0 aliphatic carbocycles. The number of Topliss-reactive ketones (excluding diaryl/α,β-unsaturated/α-hetero) is 1. The van der Waals surface area contributed by atoms with Crippen LogP contribution in [0.2, 0.25) is 0 Å². The molecule has 1 unspecified atom stereocenters. The highest BCUT2D eigenvalue weighted by atomic mass is 16.5. The number of aromatic hydroxyl groups is 1. The highest BCUT2D eigenvalue weighted by molar-refractivity contribution is 6.51. The SMILES string of the molecule is COC(=O)Cc1ccc(N2C(=O)C(=O)/C(=C(\O)c3ccc4c(c3)CCO4)C2c2cccc(O)c2)cc1. The van der Waals surface area contributed by atoms with Crippen LogP contribution in [0.3, 0.4) is 0 Å². The minimum atomic E-state index is -0.979. The molecule has 0 radical (unpaired) electrons. The van der Waals surface area contributed by atoms with Crippen molar-refractivity contribution >= 4 is 29.1 Å². The lowest BCUT2D eigenvalue weighted by molar-refractivity contribution is -0.139. The van der Waals surface area contributed by atoms with E-state index in [-0.39, 0.29) is 23.5 Å². The van der Waals surface area contributed by atoms with Crippen LogP contribution in [0.15, 0.2) is 72.3 Å². The molecule has 1 fully saturated rings. The highest BCUT2D eigenvalue weighted by Crippen LogP contribution is 2.43. The number of esters is 1. The van der Waals surface area contributed by atoms with Gasteiger partial charge in [-0.25, -0.2) is 0 Å². The standard InChI is InChI=1S/C28H23NO7/c1-35-23(31)13-16-5-8-20(9-6-16)29-25(18-3-2-4-21(30)15-18)24(27(33)28(29)34)26(32)19-7-10-22-17(14-19)11-12-36-22/h2-10,14-15,25,30,32H,11-13H2,1H3/b26-24-. The molecule has 1 atom stereocenters. The van der Waals surface area contributed by atoms with E-state index >= 15 is 0 Å². The number of amides is 1. The van der Waals surface area contributed by atoms with Crippen LogP contribution in [0.25, 0.3) is 5.76 Å². The van der Waals surface area contributed by atoms with Crippen molar-refractivity contribution in [2.45, 2.75) is 18.9 Å². The number of carbonyl (C=O) groups is 3. The number of aliphatic hydroxyl groups is 1. The molecule has 2 aliphatic rings. The number of anilines is 1. The summed E-state index contributed by atoms with van der Waals surface area (Å²) >= 11 is 0. The van der Waals surface area contributed by atoms with Crippen LogP contribution in [0.1, 0.15) is 28.3 Å². The molecule has 1 amide bonds. The number of ether oxygens (including phenoxy) is 2. The Balaban J connectivity index is 1.62. The number of hydrogen-bond acceptors (Lipinski definition) is 7. The molecular weight excluding hydrogens is 462 g/mol. The van der Waals surface area contributed by atoms with Gasteiger partial charge in [0.05, 0.1) is 31.8 Å². The van der Waals surface area contributed by atoms with E-state index in [2.05, 4.69) is 0 Å². The maximum atomic E-state index is 13.3. The lowest BCUT2D eigenvalue weighted by Crippen LogP contribution is -2.29. The molecule has 0 aromatic heterocycles. The summed E-state index contributed by atoms with van der Waals surface area (Å²) in [4.78, 5) is 39.5. The molecule has 0 saturated carbocycles. The van der Waals surface area contributed by atoms with Gasteiger partial charge in [0, 0.05) is 17.7 Å². The number of rotatable bonds is 5. The van der Waals surface area contributed by atoms with E-state index in [1.54, 1.807) is 54.6 Å². The summed E-state index contributed by atoms with van der Waals surface area (Å²) in [5.41, 5.74) is 2.76. The minimum absolute atomic E-state index is 0.0406. The van der Waals surface area contributed by atoms with Crippen LogP contribution in [0.4, 0.5) is 5.69 Å². The van der Waals surface area contributed by atoms with Crippen molar-refractivity contribution in [3.63, 3.8) is 0 Å². The average Bonchev–Trinajstić information content (AvgIpc) is 3.46. The van der Waals surface area contributed by atoms with Gasteiger partial charge < -0.3 is 19.7 Å². The van der Waals surface area contributed by atoms with Gasteiger partial charge in [-0.1, -0.05) is 24.3 Å². The molecule has 8 nitrogen and oxygen atoms in total. The van der Waals surface area contributed by atoms with E-state index in [4.69, 9.17) is 9.47 Å². The second-order valence-electron chi connectivity index (χ2n) is 8.60. The van der Waals surface area contributed by atoms with E-state index in [9.17, 15) is 24.6 Å². The van der Waals surface area contributed by atoms with Crippen molar-refractivity contribution in [1.82, 2.24) is 0 Å². The molecular formula is C28H23NO7. The third-order valence-corrected chi connectivity index (χ3v) is 6.38. The van der Waals surface area contributed by atoms with E-state index in [0.717, 1.165) is 11.3 Å². The molecule has 5 rings (SSSR count). The van der Waals surface area contributed by atoms with Crippen molar-refractivity contribution in [2.24, 2.45) is 0 Å². The summed E-state index contributed by atoms with van der Waals surface area (Å²) in [6.45, 7) is 0.541. The summed E-state index contributed by atoms with van der Waals surface area (Å²) in [5.74, 6) is -1.67. The molecule has 2 heterocycles. The molecule has 8 heteroatoms. The molecule has 1 saturated heterocycles. The Kier molecular flexibility index (Phi) is 5.93. The Labute approximate surface area is 207 Å². The first-order valence-electron chi connectivity index (χ1n) is 11.4. The Morgan fingerprint density at radius 1 is 1.08 bits per heavy atom. The van der Waals surface area contributed by atoms with Crippen molar-refractivity contribution in [3.05, 3.63) is 94.6 Å². The van der Waals surface area contributed by atoms with Crippen LogP contribution in [0.5, 0.6) is 11.5 Å². The number of nitrogens with zero attached hydrogens (tertiary/aromatic N) is 1. The number of fused-ring (bicyclic) bond motifs is 1. The molecule has 182 valence electrons. The zero-order valence-corrected chi connectivity index (χ0v) is 19.4. The summed E-state index contributed by atoms with van der Waals surface area (Å²) < 4.78 is 10.2. The highest BCUT2D eigenvalue weighted by Gasteiger charge is 2.47. The van der Waals surface area contributed by atoms with Crippen LogP contribution in [-0.2, 0) is 32.0 Å². The molecule has 0 bridgehead atoms. The van der Waals surface area contributed by atoms with E-state index < -0.39 is 23.7 Å². The molecule has 36 heavy (non-hydrogen) atoms. The zero-order valence-electron chi connectivity index (χ0n) is 19.4. The van der Waals surface area contributed by atoms with Gasteiger partial charge in [0.15, 0.2) is 0 Å². The lowest BCUT2D eigenvalue weighted by Gasteiger charge is -2.25. The van der Waals surface area contributed by atoms with Gasteiger partial charge in [-0.2, -0.15) is 0 Å². The normalized spacial score (nSPS) is 18.1. The zero-order chi connectivity index (χ0) is 25.4. The Bertz CT molecular complexity index is 1410. The summed E-state index contributed by atoms with van der Waals surface area (Å²) in [7, 11) is 1.31. The van der Waals surface area contributed by atoms with E-state index in [0.29, 0.717) is 35.4 Å². The largest absolute Gasteiger partial charge is 0.508 e. The third-order valence-electron chi connectivity index (χ3n) is 6.38. The monoisotopic (exact) mass is 485 g/mol. The molecule has 2 N–H and O–H groups in total. The Hall–Kier alpha value is -4.59. The third kappa shape index (κ3) is 4.07. The van der Waals surface area contributed by atoms with Gasteiger partial charge in [0.1, 0.15) is 17.3 Å². The minimum Gasteiger partial charge on any atom is -0.508 e. The number of phenolic OH excluding ortho intramolecular Hbond substituents is 1. The number of aliphatic hydroxyl groups excluding tert-OH is 1. The fraction of sp³-hybridized carbons (Fsp3) is 0.179. The summed E-state index contributed by atoms with van der Waals surface area (Å²) in [5, 5.41) is 21.4. The second kappa shape index (κ2) is 9.22. The second-order valence-corrected chi connectivity index (χ2v) is 8.60. The van der Waals surface area contributed by atoms with Crippen LogP contribution < -0.4 is 9.64 Å². The predicted octanol–water partition coefficient (Wildman–Crippen LogP) is 3.67. The van der Waals surface area contributed by atoms with Crippen LogP contribution in [0, 0.1) is 0 Å². The first-order chi connectivity index (χ1) is 17.4. The maximum Gasteiger partial charge on any atom is 0.309 e. The molecule has 3 aromatic carbocycles. The molecule has 3 aromatic rings. The summed E-state index contributed by atoms with van der Waals surface area (Å²) in [6.07, 6.45) is 0.742. The van der Waals surface area contributed by atoms with Crippen LogP contribution >= 0.6 is 0 Å². The fourth-order valence-corrected chi connectivity index (χ4v) is 4.61. The van der Waals surface area contributed by atoms with Crippen molar-refractivity contribution in [3.8, 4) is 11.5 Å². The van der Waals surface area contributed by atoms with E-state index in [1.165, 1.54) is 24.1 Å². The quantitative estimate of drug-likeness (QED) is 0.245. The van der Waals surface area contributed by atoms with Crippen molar-refractivity contribution in [2.75, 3.05) is 18.6 Å². The smallest absolute Gasteiger partial charge is 0.309 e. The van der Waals surface area contributed by atoms with Gasteiger partial charge in [-0.05, 0) is 59.2 Å². The molecule has 0 spiro atoms. The lowest BCUT2D eigenvalue weighted by atomic mass is 9.94. The number of carbonyl (C=O) groups excluding carboxylic acids is 3. The van der Waals surface area contributed by atoms with Gasteiger partial charge in [0.2, 0.25) is 0 Å². The number of benzene rings is 3. The summed E-state index contributed by atoms with van der Waals surface area (Å²) in [6, 6.07) is 17.0. The number of hydrogen-bond donors (Lipinski definition) is 2. The number of methoxy groups -OCH3 is 1. The predicted molar refractivity (Wildman–Crippen MR) is 131 cm³/mol. The van der Waals surface area contributed by atoms with Crippen molar-refractivity contribution in [1.29, 1.82) is 0 Å². The maximum absolute atomic E-state index is 13.3. The Morgan fingerprint density at radius 3 is 2.58 bits per heavy atom. The first-order valence-corrected chi connectivity index (χ1v) is 11.4. The first kappa shape index (κ1) is 23.2. The fourth-order valence-electron chi connectivity index (χ4n) is 4.61. The topological polar surface area (TPSA) is 113 Å². The van der Waals surface area contributed by atoms with E-state index in [1.807, 2.05) is 0 Å². The van der Waals surface area contributed by atoms with Gasteiger partial charge >= 0.3 is 5.97 Å². The van der Waals surface area contributed by atoms with Gasteiger partial charge in [-0.3, -0.25) is 19.3 Å².